The molecule has 0 spiro atoms. The highest BCUT2D eigenvalue weighted by Crippen LogP contribution is 2.34. The zero-order chi connectivity index (χ0) is 15.6. The second-order valence-electron chi connectivity index (χ2n) is 5.40. The molecule has 0 aromatic heterocycles. The van der Waals surface area contributed by atoms with Crippen LogP contribution in [0.2, 0.25) is 10.0 Å². The summed E-state index contributed by atoms with van der Waals surface area (Å²) in [6.07, 6.45) is 0. The summed E-state index contributed by atoms with van der Waals surface area (Å²) in [5.41, 5.74) is 2.78. The maximum absolute atomic E-state index is 13.6. The summed E-state index contributed by atoms with van der Waals surface area (Å²) in [6, 6.07) is 10.8. The second kappa shape index (κ2) is 6.67. The average Bonchev–Trinajstić information content (AvgIpc) is 2.43. The van der Waals surface area contributed by atoms with Gasteiger partial charge in [-0.15, -0.1) is 0 Å². The van der Waals surface area contributed by atoms with E-state index in [9.17, 15) is 4.39 Å². The van der Waals surface area contributed by atoms with E-state index in [1.54, 1.807) is 0 Å². The molecule has 0 fully saturated rings. The summed E-state index contributed by atoms with van der Waals surface area (Å²) in [4.78, 5) is 0. The third-order valence-electron chi connectivity index (χ3n) is 3.45. The van der Waals surface area contributed by atoms with Crippen LogP contribution in [0.1, 0.15) is 43.9 Å². The van der Waals surface area contributed by atoms with Crippen LogP contribution in [0.5, 0.6) is 0 Å². The van der Waals surface area contributed by atoms with E-state index in [2.05, 4.69) is 31.3 Å². The van der Waals surface area contributed by atoms with Crippen molar-refractivity contribution in [2.24, 2.45) is 0 Å². The lowest BCUT2D eigenvalue weighted by molar-refractivity contribution is 0.624. The molecule has 1 atom stereocenters. The number of hydrogen-bond acceptors (Lipinski definition) is 1. The minimum absolute atomic E-state index is 0.0718. The molecule has 0 saturated heterocycles. The van der Waals surface area contributed by atoms with Crippen molar-refractivity contribution in [3.63, 3.8) is 0 Å². The number of anilines is 1. The van der Waals surface area contributed by atoms with Crippen LogP contribution in [0.25, 0.3) is 0 Å². The summed E-state index contributed by atoms with van der Waals surface area (Å²) in [7, 11) is 0. The monoisotopic (exact) mass is 325 g/mol. The Morgan fingerprint density at radius 2 is 1.76 bits per heavy atom. The molecule has 0 aliphatic heterocycles. The molecule has 4 heteroatoms. The predicted octanol–water partition coefficient (Wildman–Crippen LogP) is 6.43. The van der Waals surface area contributed by atoms with Crippen LogP contribution < -0.4 is 5.32 Å². The summed E-state index contributed by atoms with van der Waals surface area (Å²) in [6.45, 7) is 6.19. The summed E-state index contributed by atoms with van der Waals surface area (Å²) in [5, 5.41) is 3.86. The normalized spacial score (nSPS) is 12.5. The molecular formula is C17H18Cl2FN. The zero-order valence-electron chi connectivity index (χ0n) is 12.3. The van der Waals surface area contributed by atoms with Gasteiger partial charge in [0.15, 0.2) is 0 Å². The zero-order valence-corrected chi connectivity index (χ0v) is 13.8. The summed E-state index contributed by atoms with van der Waals surface area (Å²) in [5.74, 6) is -0.0101. The molecule has 21 heavy (non-hydrogen) atoms. The first kappa shape index (κ1) is 16.1. The molecule has 0 aliphatic rings. The van der Waals surface area contributed by atoms with Crippen LogP contribution in [-0.2, 0) is 0 Å². The van der Waals surface area contributed by atoms with Crippen LogP contribution in [0.3, 0.4) is 0 Å². The van der Waals surface area contributed by atoms with Gasteiger partial charge in [0, 0.05) is 16.3 Å². The minimum Gasteiger partial charge on any atom is -0.378 e. The van der Waals surface area contributed by atoms with Gasteiger partial charge in [0.25, 0.3) is 0 Å². The molecule has 0 radical (unpaired) electrons. The lowest BCUT2D eigenvalue weighted by Crippen LogP contribution is -2.09. The molecule has 1 nitrogen and oxygen atoms in total. The molecule has 0 amide bonds. The first-order valence-corrected chi connectivity index (χ1v) is 7.65. The van der Waals surface area contributed by atoms with Crippen LogP contribution >= 0.6 is 23.2 Å². The fourth-order valence-electron chi connectivity index (χ4n) is 2.25. The second-order valence-corrected chi connectivity index (χ2v) is 6.19. The molecule has 0 heterocycles. The molecule has 0 aliphatic carbocycles. The van der Waals surface area contributed by atoms with Crippen molar-refractivity contribution in [3.8, 4) is 0 Å². The topological polar surface area (TPSA) is 12.0 Å². The molecule has 112 valence electrons. The quantitative estimate of drug-likeness (QED) is 0.638. The van der Waals surface area contributed by atoms with E-state index in [1.165, 1.54) is 17.7 Å². The third-order valence-corrected chi connectivity index (χ3v) is 4.16. The van der Waals surface area contributed by atoms with Crippen molar-refractivity contribution in [1.82, 2.24) is 0 Å². The number of benzene rings is 2. The third kappa shape index (κ3) is 3.69. The maximum atomic E-state index is 13.6. The highest BCUT2D eigenvalue weighted by Gasteiger charge is 2.17. The molecule has 1 N–H and O–H groups in total. The average molecular weight is 326 g/mol. The molecule has 2 aromatic rings. The van der Waals surface area contributed by atoms with Gasteiger partial charge in [0.1, 0.15) is 5.82 Å². The molecular weight excluding hydrogens is 308 g/mol. The highest BCUT2D eigenvalue weighted by atomic mass is 35.5. The Balaban J connectivity index is 2.28. The SMILES string of the molecule is CC(C)c1cccc(NC(C)c2c(Cl)ccc(F)c2Cl)c1. The largest absolute Gasteiger partial charge is 0.378 e. The van der Waals surface area contributed by atoms with Crippen molar-refractivity contribution >= 4 is 28.9 Å². The van der Waals surface area contributed by atoms with Crippen LogP contribution in [0.15, 0.2) is 36.4 Å². The minimum atomic E-state index is -0.458. The maximum Gasteiger partial charge on any atom is 0.142 e. The Morgan fingerprint density at radius 1 is 1.05 bits per heavy atom. The molecule has 2 rings (SSSR count). The fraction of sp³-hybridized carbons (Fsp3) is 0.294. The van der Waals surface area contributed by atoms with Gasteiger partial charge in [-0.3, -0.25) is 0 Å². The van der Waals surface area contributed by atoms with Gasteiger partial charge in [0.2, 0.25) is 0 Å². The van der Waals surface area contributed by atoms with E-state index < -0.39 is 5.82 Å². The molecule has 0 saturated carbocycles. The molecule has 2 aromatic carbocycles. The van der Waals surface area contributed by atoms with Gasteiger partial charge in [0.05, 0.1) is 11.1 Å². The number of halogens is 3. The van der Waals surface area contributed by atoms with Gasteiger partial charge in [-0.2, -0.15) is 0 Å². The lowest BCUT2D eigenvalue weighted by Gasteiger charge is -2.19. The molecule has 1 unspecified atom stereocenters. The number of nitrogens with one attached hydrogen (secondary N) is 1. The summed E-state index contributed by atoms with van der Waals surface area (Å²) >= 11 is 12.2. The van der Waals surface area contributed by atoms with E-state index in [0.717, 1.165) is 5.69 Å². The first-order chi connectivity index (χ1) is 9.90. The van der Waals surface area contributed by atoms with Gasteiger partial charge in [-0.05, 0) is 42.7 Å². The van der Waals surface area contributed by atoms with E-state index in [0.29, 0.717) is 16.5 Å². The predicted molar refractivity (Wildman–Crippen MR) is 89.0 cm³/mol. The van der Waals surface area contributed by atoms with Gasteiger partial charge < -0.3 is 5.32 Å². The van der Waals surface area contributed by atoms with Crippen molar-refractivity contribution in [2.75, 3.05) is 5.32 Å². The van der Waals surface area contributed by atoms with Crippen LogP contribution in [0, 0.1) is 5.82 Å². The number of hydrogen-bond donors (Lipinski definition) is 1. The Bertz CT molecular complexity index is 641. The Kier molecular flexibility index (Phi) is 5.13. The van der Waals surface area contributed by atoms with Crippen LogP contribution in [-0.4, -0.2) is 0 Å². The van der Waals surface area contributed by atoms with Gasteiger partial charge in [-0.25, -0.2) is 4.39 Å². The van der Waals surface area contributed by atoms with Gasteiger partial charge in [-0.1, -0.05) is 49.2 Å². The van der Waals surface area contributed by atoms with E-state index in [4.69, 9.17) is 23.2 Å². The smallest absolute Gasteiger partial charge is 0.142 e. The van der Waals surface area contributed by atoms with Crippen molar-refractivity contribution < 1.29 is 4.39 Å². The van der Waals surface area contributed by atoms with E-state index >= 15 is 0 Å². The van der Waals surface area contributed by atoms with Crippen LogP contribution in [0.4, 0.5) is 10.1 Å². The van der Waals surface area contributed by atoms with Gasteiger partial charge >= 0.3 is 0 Å². The number of rotatable bonds is 4. The van der Waals surface area contributed by atoms with E-state index in [1.807, 2.05) is 19.1 Å². The van der Waals surface area contributed by atoms with Crippen molar-refractivity contribution in [1.29, 1.82) is 0 Å². The Labute approximate surface area is 135 Å². The lowest BCUT2D eigenvalue weighted by atomic mass is 10.0. The Hall–Kier alpha value is -1.25. The van der Waals surface area contributed by atoms with Crippen molar-refractivity contribution in [3.05, 3.63) is 63.4 Å². The molecule has 0 bridgehead atoms. The fourth-order valence-corrected chi connectivity index (χ4v) is 2.95. The Morgan fingerprint density at radius 3 is 2.43 bits per heavy atom. The first-order valence-electron chi connectivity index (χ1n) is 6.90. The standard InChI is InChI=1S/C17H18Cl2FN/c1-10(2)12-5-4-6-13(9-12)21-11(3)16-14(18)7-8-15(20)17(16)19/h4-11,21H,1-3H3. The van der Waals surface area contributed by atoms with E-state index in [-0.39, 0.29) is 11.1 Å². The summed E-state index contributed by atoms with van der Waals surface area (Å²) < 4.78 is 13.6. The van der Waals surface area contributed by atoms with Crippen molar-refractivity contribution in [2.45, 2.75) is 32.7 Å². The highest BCUT2D eigenvalue weighted by molar-refractivity contribution is 6.36.